The summed E-state index contributed by atoms with van der Waals surface area (Å²) in [7, 11) is -8.16. The van der Waals surface area contributed by atoms with Crippen molar-refractivity contribution in [2.24, 2.45) is 0 Å². The maximum Gasteiger partial charge on any atom is 0.310 e. The fraction of sp³-hybridized carbons (Fsp3) is 0.182. The van der Waals surface area contributed by atoms with Crippen LogP contribution in [0.5, 0.6) is 5.75 Å². The number of rotatable bonds is 5. The van der Waals surface area contributed by atoms with Crippen molar-refractivity contribution in [1.29, 1.82) is 5.26 Å². The first-order chi connectivity index (χ1) is 16.9. The Kier molecular flexibility index (Phi) is 5.51. The van der Waals surface area contributed by atoms with Crippen LogP contribution in [0.4, 0.5) is 30.8 Å². The number of nitrogens with zero attached hydrogens (tertiary/aromatic N) is 4. The van der Waals surface area contributed by atoms with Gasteiger partial charge in [0.1, 0.15) is 22.4 Å². The molecule has 2 amide bonds. The molecule has 1 aromatic heterocycles. The number of aromatic nitrogens is 2. The molecule has 1 N–H and O–H groups in total. The van der Waals surface area contributed by atoms with Gasteiger partial charge in [0.15, 0.2) is 0 Å². The Labute approximate surface area is 210 Å². The normalized spacial score (nSPS) is 19.4. The largest absolute Gasteiger partial charge is 0.495 e. The van der Waals surface area contributed by atoms with Gasteiger partial charge < -0.3 is 15.0 Å². The SMILES string of the molecule is COc1ccc(NC(=O)c2cnn3c2C(=O)N(c2ccc(S(F)(F)(F)(F)F)cc2)[C@@](C)([SiH3])C3)cc1C#N. The first-order valence-corrected chi connectivity index (χ1v) is 13.5. The van der Waals surface area contributed by atoms with E-state index in [1.54, 1.807) is 6.92 Å². The quantitative estimate of drug-likeness (QED) is 0.370. The van der Waals surface area contributed by atoms with E-state index < -0.39 is 32.1 Å². The molecule has 0 unspecified atom stereocenters. The zero-order chi connectivity index (χ0) is 27.5. The van der Waals surface area contributed by atoms with E-state index in [1.807, 2.05) is 6.07 Å². The number of hydrogen-bond acceptors (Lipinski definition) is 5. The summed E-state index contributed by atoms with van der Waals surface area (Å²) in [6.07, 6.45) is 1.19. The van der Waals surface area contributed by atoms with E-state index in [2.05, 4.69) is 10.4 Å². The molecule has 0 bridgehead atoms. The Bertz CT molecular complexity index is 1490. The Morgan fingerprint density at radius 3 is 2.41 bits per heavy atom. The van der Waals surface area contributed by atoms with Crippen LogP contribution in [0.15, 0.2) is 53.6 Å². The molecule has 4 rings (SSSR count). The molecule has 15 heteroatoms. The molecule has 8 nitrogen and oxygen atoms in total. The van der Waals surface area contributed by atoms with E-state index in [9.17, 15) is 34.3 Å². The summed E-state index contributed by atoms with van der Waals surface area (Å²) >= 11 is 0. The second kappa shape index (κ2) is 7.80. The summed E-state index contributed by atoms with van der Waals surface area (Å²) in [5, 5.41) is 15.1. The van der Waals surface area contributed by atoms with E-state index in [0.29, 0.717) is 16.0 Å². The lowest BCUT2D eigenvalue weighted by atomic mass is 10.1. The van der Waals surface area contributed by atoms with Crippen LogP contribution in [0, 0.1) is 11.3 Å². The predicted octanol–water partition coefficient (Wildman–Crippen LogP) is 4.42. The lowest BCUT2D eigenvalue weighted by Crippen LogP contribution is -2.58. The van der Waals surface area contributed by atoms with Crippen LogP contribution in [0.1, 0.15) is 33.3 Å². The fourth-order valence-electron chi connectivity index (χ4n) is 4.11. The molecule has 1 aliphatic heterocycles. The molecular formula is C22H20F5N5O3SSi. The molecule has 1 atom stereocenters. The van der Waals surface area contributed by atoms with Gasteiger partial charge in [-0.1, -0.05) is 19.4 Å². The van der Waals surface area contributed by atoms with Crippen LogP contribution in [-0.4, -0.2) is 44.1 Å². The Morgan fingerprint density at radius 2 is 1.84 bits per heavy atom. The van der Waals surface area contributed by atoms with E-state index in [0.717, 1.165) is 12.1 Å². The lowest BCUT2D eigenvalue weighted by molar-refractivity contribution is 0.0924. The van der Waals surface area contributed by atoms with Crippen molar-refractivity contribution in [2.75, 3.05) is 17.3 Å². The van der Waals surface area contributed by atoms with Crippen LogP contribution in [0.25, 0.3) is 0 Å². The summed E-state index contributed by atoms with van der Waals surface area (Å²) in [5.74, 6) is -1.13. The molecule has 0 aliphatic carbocycles. The highest BCUT2D eigenvalue weighted by atomic mass is 32.5. The van der Waals surface area contributed by atoms with Gasteiger partial charge in [-0.2, -0.15) is 10.4 Å². The van der Waals surface area contributed by atoms with Gasteiger partial charge in [0.25, 0.3) is 11.8 Å². The van der Waals surface area contributed by atoms with Crippen molar-refractivity contribution in [3.05, 3.63) is 65.5 Å². The number of anilines is 2. The molecule has 0 radical (unpaired) electrons. The molecular weight excluding hydrogens is 537 g/mol. The Morgan fingerprint density at radius 1 is 1.19 bits per heavy atom. The Balaban J connectivity index is 1.69. The average molecular weight is 558 g/mol. The first-order valence-electron chi connectivity index (χ1n) is 10.6. The zero-order valence-corrected chi connectivity index (χ0v) is 22.5. The van der Waals surface area contributed by atoms with Crippen molar-refractivity contribution in [3.63, 3.8) is 0 Å². The number of carbonyl (C=O) groups excluding carboxylic acids is 2. The molecule has 1 aliphatic rings. The number of carbonyl (C=O) groups is 2. The number of amides is 2. The highest BCUT2D eigenvalue weighted by Crippen LogP contribution is 3.02. The number of ether oxygens (including phenoxy) is 1. The van der Waals surface area contributed by atoms with Crippen LogP contribution in [0.2, 0.25) is 0 Å². The topological polar surface area (TPSA) is 100 Å². The van der Waals surface area contributed by atoms with Crippen molar-refractivity contribution in [3.8, 4) is 11.8 Å². The molecule has 37 heavy (non-hydrogen) atoms. The average Bonchev–Trinajstić information content (AvgIpc) is 3.20. The summed E-state index contributed by atoms with van der Waals surface area (Å²) < 4.78 is 72.2. The fourth-order valence-corrected chi connectivity index (χ4v) is 5.52. The summed E-state index contributed by atoms with van der Waals surface area (Å²) in [6, 6.07) is 8.43. The molecule has 0 saturated carbocycles. The van der Waals surface area contributed by atoms with Crippen molar-refractivity contribution in [1.82, 2.24) is 9.78 Å². The number of hydrogen-bond donors (Lipinski definition) is 1. The smallest absolute Gasteiger partial charge is 0.310 e. The Hall–Kier alpha value is -3.90. The van der Waals surface area contributed by atoms with Crippen molar-refractivity contribution in [2.45, 2.75) is 23.5 Å². The number of nitrogens with one attached hydrogen (secondary N) is 1. The summed E-state index contributed by atoms with van der Waals surface area (Å²) in [4.78, 5) is 25.7. The lowest BCUT2D eigenvalue weighted by Gasteiger charge is -2.43. The molecule has 0 saturated heterocycles. The van der Waals surface area contributed by atoms with Gasteiger partial charge in [0.05, 0.1) is 31.0 Å². The van der Waals surface area contributed by atoms with Gasteiger partial charge >= 0.3 is 10.2 Å². The van der Waals surface area contributed by atoms with Crippen LogP contribution >= 0.6 is 10.2 Å². The number of benzene rings is 2. The number of nitriles is 1. The second-order valence-electron chi connectivity index (χ2n) is 8.96. The number of methoxy groups -OCH3 is 1. The van der Waals surface area contributed by atoms with Gasteiger partial charge in [-0.15, -0.1) is 0 Å². The monoisotopic (exact) mass is 557 g/mol. The van der Waals surface area contributed by atoms with Crippen molar-refractivity contribution < 1.29 is 33.8 Å². The third kappa shape index (κ3) is 4.89. The first kappa shape index (κ1) is 26.2. The van der Waals surface area contributed by atoms with Crippen LogP contribution in [0.3, 0.4) is 0 Å². The zero-order valence-electron chi connectivity index (χ0n) is 19.6. The highest BCUT2D eigenvalue weighted by Gasteiger charge is 2.65. The van der Waals surface area contributed by atoms with E-state index in [1.165, 1.54) is 41.1 Å². The van der Waals surface area contributed by atoms with E-state index >= 15 is 0 Å². The summed E-state index contributed by atoms with van der Waals surface area (Å²) in [6.45, 7) is 1.80. The number of halogens is 5. The number of fused-ring (bicyclic) bond motifs is 1. The minimum atomic E-state index is -9.88. The summed E-state index contributed by atoms with van der Waals surface area (Å²) in [5.41, 5.74) is 0.172. The minimum Gasteiger partial charge on any atom is -0.495 e. The third-order valence-corrected chi connectivity index (χ3v) is 7.68. The minimum absolute atomic E-state index is 0.0271. The maximum absolute atomic E-state index is 13.5. The van der Waals surface area contributed by atoms with Gasteiger partial charge in [0.2, 0.25) is 0 Å². The third-order valence-electron chi connectivity index (χ3n) is 5.75. The molecule has 2 aromatic carbocycles. The van der Waals surface area contributed by atoms with E-state index in [-0.39, 0.29) is 46.9 Å². The molecule has 0 spiro atoms. The second-order valence-corrected chi connectivity index (χ2v) is 13.5. The van der Waals surface area contributed by atoms with Gasteiger partial charge in [-0.05, 0) is 49.4 Å². The molecule has 0 fully saturated rings. The molecule has 3 aromatic rings. The van der Waals surface area contributed by atoms with Gasteiger partial charge in [0, 0.05) is 26.8 Å². The van der Waals surface area contributed by atoms with Gasteiger partial charge in [-0.3, -0.25) is 14.3 Å². The van der Waals surface area contributed by atoms with Crippen LogP contribution < -0.4 is 15.0 Å². The van der Waals surface area contributed by atoms with Crippen LogP contribution in [-0.2, 0) is 6.54 Å². The maximum atomic E-state index is 13.5. The predicted molar refractivity (Wildman–Crippen MR) is 131 cm³/mol. The van der Waals surface area contributed by atoms with E-state index in [4.69, 9.17) is 4.74 Å². The molecule has 2 heterocycles. The standard InChI is InChI=1S/C22H20F5N5O3SSi/c1-22(37)12-31-19(21(34)32(22)15-4-6-16(7-5-15)36(23,24,25,26)27)17(11-29-31)20(33)30-14-3-8-18(35-2)13(9-14)10-28/h3-9,11H,12H2,1-2,37H3,(H,30,33)/t22-/m0/s1. The van der Waals surface area contributed by atoms with Crippen molar-refractivity contribution >= 4 is 43.7 Å². The van der Waals surface area contributed by atoms with Gasteiger partial charge in [-0.25, -0.2) is 0 Å². The highest BCUT2D eigenvalue weighted by molar-refractivity contribution is 8.45. The molecule has 196 valence electrons.